The summed E-state index contributed by atoms with van der Waals surface area (Å²) in [5.74, 6) is 1.13. The molecule has 0 fully saturated rings. The number of carbonyl (C=O) groups is 1. The van der Waals surface area contributed by atoms with Crippen LogP contribution in [0.4, 0.5) is 0 Å². The van der Waals surface area contributed by atoms with E-state index in [1.54, 1.807) is 26.5 Å². The summed E-state index contributed by atoms with van der Waals surface area (Å²) in [6.45, 7) is 2.14. The number of methoxy groups -OCH3 is 3. The van der Waals surface area contributed by atoms with Crippen molar-refractivity contribution in [2.24, 2.45) is 11.1 Å². The van der Waals surface area contributed by atoms with Gasteiger partial charge in [-0.1, -0.05) is 60.6 Å². The summed E-state index contributed by atoms with van der Waals surface area (Å²) < 4.78 is 27.9. The molecule has 0 saturated carbocycles. The number of hydrogen-bond acceptors (Lipinski definition) is 8. The van der Waals surface area contributed by atoms with Crippen LogP contribution >= 0.6 is 0 Å². The molecule has 5 atom stereocenters. The highest BCUT2D eigenvalue weighted by atomic mass is 16.6. The highest BCUT2D eigenvalue weighted by Crippen LogP contribution is 2.29. The molecule has 8 heteroatoms. The molecule has 1 aliphatic rings. The maximum absolute atomic E-state index is 11.3. The maximum atomic E-state index is 11.3. The van der Waals surface area contributed by atoms with Crippen molar-refractivity contribution >= 4 is 12.2 Å². The predicted molar refractivity (Wildman–Crippen MR) is 141 cm³/mol. The van der Waals surface area contributed by atoms with Gasteiger partial charge in [0, 0.05) is 13.0 Å². The van der Waals surface area contributed by atoms with Gasteiger partial charge in [0.15, 0.2) is 0 Å². The molecule has 0 saturated heterocycles. The molecule has 0 unspecified atom stereocenters. The van der Waals surface area contributed by atoms with Gasteiger partial charge in [-0.05, 0) is 35.9 Å². The highest BCUT2D eigenvalue weighted by molar-refractivity contribution is 5.71. The summed E-state index contributed by atoms with van der Waals surface area (Å²) in [6.07, 6.45) is 8.09. The van der Waals surface area contributed by atoms with E-state index >= 15 is 0 Å². The Hall–Kier alpha value is -3.62. The van der Waals surface area contributed by atoms with Crippen LogP contribution in [0.1, 0.15) is 25.0 Å². The zero-order valence-electron chi connectivity index (χ0n) is 21.7. The average molecular weight is 510 g/mol. The molecular weight excluding hydrogens is 474 g/mol. The second-order valence-electron chi connectivity index (χ2n) is 8.47. The molecule has 2 aromatic carbocycles. The first-order valence-corrected chi connectivity index (χ1v) is 12.1. The second kappa shape index (κ2) is 14.8. The Labute approximate surface area is 218 Å². The normalized spacial score (nSPS) is 21.0. The molecule has 0 amide bonds. The Morgan fingerprint density at radius 1 is 1.03 bits per heavy atom. The number of oxime groups is 1. The minimum absolute atomic E-state index is 0.0236. The van der Waals surface area contributed by atoms with Gasteiger partial charge in [0.1, 0.15) is 42.5 Å². The second-order valence-corrected chi connectivity index (χ2v) is 8.47. The standard InChI is InChI=1S/C29H35NO7/c1-21(9-8-12-29(31)34-4)27(33-3)19-30-35-20-28-26(36-24-15-13-23(32-2)14-16-24)18-17-25(37-28)22-10-6-5-7-11-22/h5-11,13-19,21,25-28H,12,20H2,1-4H3/b9-8+,30-19+/t21-,25+,26+,27-,28-/m1/s1. The lowest BCUT2D eigenvalue weighted by Gasteiger charge is -2.32. The van der Waals surface area contributed by atoms with Crippen LogP contribution in [0.2, 0.25) is 0 Å². The van der Waals surface area contributed by atoms with Crippen LogP contribution in [0.3, 0.4) is 0 Å². The predicted octanol–water partition coefficient (Wildman–Crippen LogP) is 4.91. The fourth-order valence-electron chi connectivity index (χ4n) is 3.74. The smallest absolute Gasteiger partial charge is 0.309 e. The summed E-state index contributed by atoms with van der Waals surface area (Å²) in [4.78, 5) is 16.9. The number of esters is 1. The molecule has 37 heavy (non-hydrogen) atoms. The number of nitrogens with zero attached hydrogens (tertiary/aromatic N) is 1. The Kier molecular flexibility index (Phi) is 11.2. The summed E-state index contributed by atoms with van der Waals surface area (Å²) >= 11 is 0. The van der Waals surface area contributed by atoms with E-state index in [1.807, 2.05) is 79.7 Å². The summed E-state index contributed by atoms with van der Waals surface area (Å²) in [5.41, 5.74) is 1.04. The van der Waals surface area contributed by atoms with E-state index in [1.165, 1.54) is 7.11 Å². The topological polar surface area (TPSA) is 84.8 Å². The molecule has 0 spiro atoms. The minimum atomic E-state index is -0.409. The van der Waals surface area contributed by atoms with Crippen LogP contribution in [0, 0.1) is 5.92 Å². The van der Waals surface area contributed by atoms with Gasteiger partial charge in [0.25, 0.3) is 0 Å². The SMILES string of the molecule is COC(=O)C/C=C/[C@@H](C)[C@@H](/C=N/OC[C@H]1O[C@H](c2ccccc2)C=C[C@@H]1Oc1ccc(OC)cc1)OC. The molecule has 0 radical (unpaired) electrons. The zero-order chi connectivity index (χ0) is 26.5. The third-order valence-electron chi connectivity index (χ3n) is 5.89. The van der Waals surface area contributed by atoms with E-state index in [-0.39, 0.29) is 43.2 Å². The van der Waals surface area contributed by atoms with Crippen LogP contribution in [0.5, 0.6) is 11.5 Å². The van der Waals surface area contributed by atoms with Crippen molar-refractivity contribution in [3.63, 3.8) is 0 Å². The van der Waals surface area contributed by atoms with Crippen molar-refractivity contribution in [2.75, 3.05) is 27.9 Å². The monoisotopic (exact) mass is 509 g/mol. The minimum Gasteiger partial charge on any atom is -0.497 e. The van der Waals surface area contributed by atoms with Gasteiger partial charge in [-0.3, -0.25) is 4.79 Å². The van der Waals surface area contributed by atoms with E-state index in [9.17, 15) is 4.79 Å². The van der Waals surface area contributed by atoms with Gasteiger partial charge in [-0.2, -0.15) is 0 Å². The number of benzene rings is 2. The third-order valence-corrected chi connectivity index (χ3v) is 5.89. The van der Waals surface area contributed by atoms with E-state index in [0.717, 1.165) is 11.3 Å². The molecule has 198 valence electrons. The lowest BCUT2D eigenvalue weighted by molar-refractivity contribution is -0.139. The van der Waals surface area contributed by atoms with Crippen LogP contribution in [-0.4, -0.2) is 58.4 Å². The van der Waals surface area contributed by atoms with Crippen molar-refractivity contribution in [3.8, 4) is 11.5 Å². The molecule has 1 aliphatic heterocycles. The lowest BCUT2D eigenvalue weighted by atomic mass is 10.0. The molecule has 0 bridgehead atoms. The van der Waals surface area contributed by atoms with Crippen LogP contribution in [0.25, 0.3) is 0 Å². The molecule has 1 heterocycles. The van der Waals surface area contributed by atoms with E-state index in [4.69, 9.17) is 23.8 Å². The molecule has 8 nitrogen and oxygen atoms in total. The third kappa shape index (κ3) is 8.77. The first-order chi connectivity index (χ1) is 18.0. The molecular formula is C29H35NO7. The van der Waals surface area contributed by atoms with E-state index in [2.05, 4.69) is 9.89 Å². The highest BCUT2D eigenvalue weighted by Gasteiger charge is 2.30. The number of carbonyl (C=O) groups excluding carboxylic acids is 1. The number of ether oxygens (including phenoxy) is 5. The van der Waals surface area contributed by atoms with Gasteiger partial charge < -0.3 is 28.5 Å². The zero-order valence-corrected chi connectivity index (χ0v) is 21.7. The van der Waals surface area contributed by atoms with Gasteiger partial charge in [0.2, 0.25) is 0 Å². The largest absolute Gasteiger partial charge is 0.497 e. The van der Waals surface area contributed by atoms with Gasteiger partial charge in [-0.15, -0.1) is 0 Å². The first-order valence-electron chi connectivity index (χ1n) is 12.1. The van der Waals surface area contributed by atoms with Crippen molar-refractivity contribution in [3.05, 3.63) is 84.5 Å². The quantitative estimate of drug-likeness (QED) is 0.164. The Balaban J connectivity index is 1.63. The maximum Gasteiger partial charge on any atom is 0.309 e. The van der Waals surface area contributed by atoms with Crippen LogP contribution < -0.4 is 9.47 Å². The Bertz CT molecular complexity index is 1040. The van der Waals surface area contributed by atoms with Crippen molar-refractivity contribution < 1.29 is 33.3 Å². The van der Waals surface area contributed by atoms with Gasteiger partial charge in [0.05, 0.1) is 26.9 Å². The van der Waals surface area contributed by atoms with E-state index < -0.39 is 6.10 Å². The first kappa shape index (κ1) is 28.0. The summed E-state index contributed by atoms with van der Waals surface area (Å²) in [5, 5.41) is 4.13. The van der Waals surface area contributed by atoms with Gasteiger partial charge >= 0.3 is 5.97 Å². The lowest BCUT2D eigenvalue weighted by Crippen LogP contribution is -2.39. The fraction of sp³-hybridized carbons (Fsp3) is 0.379. The van der Waals surface area contributed by atoms with Crippen molar-refractivity contribution in [1.82, 2.24) is 0 Å². The van der Waals surface area contributed by atoms with Gasteiger partial charge in [-0.25, -0.2) is 0 Å². The van der Waals surface area contributed by atoms with Crippen LogP contribution in [0.15, 0.2) is 84.1 Å². The fourth-order valence-corrected chi connectivity index (χ4v) is 3.74. The molecule has 0 aromatic heterocycles. The molecule has 0 aliphatic carbocycles. The Morgan fingerprint density at radius 2 is 1.76 bits per heavy atom. The van der Waals surface area contributed by atoms with Crippen molar-refractivity contribution in [1.29, 1.82) is 0 Å². The summed E-state index contributed by atoms with van der Waals surface area (Å²) in [7, 11) is 4.58. The molecule has 2 aromatic rings. The van der Waals surface area contributed by atoms with E-state index in [0.29, 0.717) is 5.75 Å². The average Bonchev–Trinajstić information content (AvgIpc) is 2.94. The Morgan fingerprint density at radius 3 is 2.43 bits per heavy atom. The summed E-state index contributed by atoms with van der Waals surface area (Å²) in [6, 6.07) is 17.4. The molecule has 0 N–H and O–H groups in total. The number of rotatable bonds is 13. The number of hydrogen-bond donors (Lipinski definition) is 0. The molecule has 3 rings (SSSR count). The van der Waals surface area contributed by atoms with Crippen LogP contribution in [-0.2, 0) is 23.8 Å². The van der Waals surface area contributed by atoms with Crippen molar-refractivity contribution in [2.45, 2.75) is 37.8 Å².